The highest BCUT2D eigenvalue weighted by atomic mass is 16.7. The Hall–Kier alpha value is -2.05. The zero-order valence-corrected chi connectivity index (χ0v) is 46.3. The van der Waals surface area contributed by atoms with Crippen LogP contribution in [0.5, 0.6) is 0 Å². The van der Waals surface area contributed by atoms with E-state index < -0.39 is 86.8 Å². The third kappa shape index (κ3) is 31.4. The summed E-state index contributed by atoms with van der Waals surface area (Å²) in [6.45, 7) is 2.69. The quantitative estimate of drug-likeness (QED) is 0.0205. The first-order chi connectivity index (χ1) is 36.1. The van der Waals surface area contributed by atoms with Gasteiger partial charge in [-0.05, 0) is 51.4 Å². The number of nitrogens with one attached hydrogen (secondary N) is 1. The zero-order chi connectivity index (χ0) is 53.9. The van der Waals surface area contributed by atoms with Crippen molar-refractivity contribution in [1.29, 1.82) is 0 Å². The standard InChI is InChI=1S/C60H109NO13/c1-3-5-7-9-11-13-15-17-19-21-22-23-24-25-26-28-29-31-33-35-37-39-41-43-49(64)48(61-52(65)44-42-40-38-36-34-32-30-27-20-18-16-14-12-10-8-6-4-2)47-71-59-57(70)55(68)58(51(46-63)73-59)74-60-56(69)54(67)53(66)50(45-62)72-60/h6,8,12,14,18,20,41,43,48-51,53-60,62-64,66-70H,3-5,7,9-11,13,15-17,19,21-40,42,44-47H2,1-2H3,(H,61,65)/b8-6-,14-12-,20-18-,43-41+. The number of amides is 1. The molecule has 74 heavy (non-hydrogen) atoms. The predicted molar refractivity (Wildman–Crippen MR) is 295 cm³/mol. The molecule has 432 valence electrons. The van der Waals surface area contributed by atoms with Crippen molar-refractivity contribution in [2.45, 2.75) is 306 Å². The van der Waals surface area contributed by atoms with Gasteiger partial charge < -0.3 is 65.1 Å². The van der Waals surface area contributed by atoms with Crippen LogP contribution in [0.2, 0.25) is 0 Å². The summed E-state index contributed by atoms with van der Waals surface area (Å²) in [5.74, 6) is -0.249. The Bertz CT molecular complexity index is 1430. The van der Waals surface area contributed by atoms with Crippen LogP contribution in [0.1, 0.15) is 232 Å². The summed E-state index contributed by atoms with van der Waals surface area (Å²) in [5, 5.41) is 87.1. The second-order valence-electron chi connectivity index (χ2n) is 21.1. The number of hydrogen-bond acceptors (Lipinski definition) is 13. The number of ether oxygens (including phenoxy) is 4. The molecule has 0 aliphatic carbocycles. The highest BCUT2D eigenvalue weighted by Crippen LogP contribution is 2.30. The van der Waals surface area contributed by atoms with Crippen molar-refractivity contribution in [2.75, 3.05) is 19.8 Å². The molecule has 12 unspecified atom stereocenters. The molecule has 14 nitrogen and oxygen atoms in total. The predicted octanol–water partition coefficient (Wildman–Crippen LogP) is 10.0. The first-order valence-corrected chi connectivity index (χ1v) is 29.9. The Morgan fingerprint density at radius 1 is 0.500 bits per heavy atom. The first kappa shape index (κ1) is 68.1. The highest BCUT2D eigenvalue weighted by molar-refractivity contribution is 5.76. The summed E-state index contributed by atoms with van der Waals surface area (Å²) in [4.78, 5) is 13.2. The number of rotatable bonds is 47. The maximum Gasteiger partial charge on any atom is 0.220 e. The van der Waals surface area contributed by atoms with Crippen LogP contribution >= 0.6 is 0 Å². The van der Waals surface area contributed by atoms with Crippen molar-refractivity contribution in [3.63, 3.8) is 0 Å². The second kappa shape index (κ2) is 45.9. The smallest absolute Gasteiger partial charge is 0.220 e. The van der Waals surface area contributed by atoms with Gasteiger partial charge in [-0.3, -0.25) is 4.79 Å². The molecule has 2 heterocycles. The fourth-order valence-corrected chi connectivity index (χ4v) is 9.72. The van der Waals surface area contributed by atoms with Crippen LogP contribution in [-0.2, 0) is 23.7 Å². The minimum Gasteiger partial charge on any atom is -0.394 e. The van der Waals surface area contributed by atoms with Gasteiger partial charge in [-0.25, -0.2) is 0 Å². The van der Waals surface area contributed by atoms with E-state index in [-0.39, 0.29) is 18.9 Å². The van der Waals surface area contributed by atoms with Crippen molar-refractivity contribution >= 4 is 5.91 Å². The Morgan fingerprint density at radius 2 is 0.932 bits per heavy atom. The molecule has 0 spiro atoms. The number of hydrogen-bond donors (Lipinski definition) is 9. The first-order valence-electron chi connectivity index (χ1n) is 29.9. The molecule has 2 aliphatic heterocycles. The summed E-state index contributed by atoms with van der Waals surface area (Å²) < 4.78 is 22.8. The van der Waals surface area contributed by atoms with E-state index in [4.69, 9.17) is 18.9 Å². The largest absolute Gasteiger partial charge is 0.394 e. The van der Waals surface area contributed by atoms with Crippen LogP contribution < -0.4 is 5.32 Å². The van der Waals surface area contributed by atoms with Gasteiger partial charge in [-0.1, -0.05) is 223 Å². The Balaban J connectivity index is 1.77. The second-order valence-corrected chi connectivity index (χ2v) is 21.1. The number of unbranched alkanes of at least 4 members (excludes halogenated alkanes) is 28. The van der Waals surface area contributed by atoms with Gasteiger partial charge >= 0.3 is 0 Å². The average molecular weight is 1050 g/mol. The summed E-state index contributed by atoms with van der Waals surface area (Å²) in [6.07, 6.45) is 40.0. The van der Waals surface area contributed by atoms with Gasteiger partial charge in [0, 0.05) is 6.42 Å². The Labute approximate surface area is 448 Å². The molecule has 2 fully saturated rings. The van der Waals surface area contributed by atoms with E-state index in [0.717, 1.165) is 70.6 Å². The molecule has 2 saturated heterocycles. The third-order valence-corrected chi connectivity index (χ3v) is 14.5. The third-order valence-electron chi connectivity index (χ3n) is 14.5. The lowest BCUT2D eigenvalue weighted by atomic mass is 9.97. The molecule has 0 aromatic carbocycles. The normalized spacial score (nSPS) is 25.5. The van der Waals surface area contributed by atoms with Gasteiger partial charge in [0.15, 0.2) is 12.6 Å². The van der Waals surface area contributed by atoms with Crippen molar-refractivity contribution in [2.24, 2.45) is 0 Å². The summed E-state index contributed by atoms with van der Waals surface area (Å²) in [5.41, 5.74) is 0. The molecule has 0 aromatic rings. The molecular weight excluding hydrogens is 943 g/mol. The molecule has 14 heteroatoms. The van der Waals surface area contributed by atoms with E-state index >= 15 is 0 Å². The van der Waals surface area contributed by atoms with Crippen molar-refractivity contribution in [3.8, 4) is 0 Å². The van der Waals surface area contributed by atoms with Crippen LogP contribution in [0.3, 0.4) is 0 Å². The van der Waals surface area contributed by atoms with E-state index in [1.165, 1.54) is 135 Å². The van der Waals surface area contributed by atoms with Crippen LogP contribution in [0, 0.1) is 0 Å². The molecule has 2 rings (SSSR count). The van der Waals surface area contributed by atoms with Gasteiger partial charge in [-0.2, -0.15) is 0 Å². The lowest BCUT2D eigenvalue weighted by molar-refractivity contribution is -0.359. The maximum absolute atomic E-state index is 13.2. The number of aliphatic hydroxyl groups excluding tert-OH is 8. The van der Waals surface area contributed by atoms with E-state index in [2.05, 4.69) is 55.6 Å². The van der Waals surface area contributed by atoms with E-state index in [1.807, 2.05) is 6.08 Å². The minimum absolute atomic E-state index is 0.249. The van der Waals surface area contributed by atoms with Gasteiger partial charge in [0.25, 0.3) is 0 Å². The van der Waals surface area contributed by atoms with Gasteiger partial charge in [0.05, 0.1) is 32.0 Å². The molecule has 1 amide bonds. The highest BCUT2D eigenvalue weighted by Gasteiger charge is 2.51. The zero-order valence-electron chi connectivity index (χ0n) is 46.3. The monoisotopic (exact) mass is 1050 g/mol. The van der Waals surface area contributed by atoms with Gasteiger partial charge in [-0.15, -0.1) is 0 Å². The van der Waals surface area contributed by atoms with Crippen molar-refractivity contribution < 1.29 is 64.6 Å². The van der Waals surface area contributed by atoms with Gasteiger partial charge in [0.1, 0.15) is 48.8 Å². The van der Waals surface area contributed by atoms with E-state index in [0.29, 0.717) is 6.42 Å². The molecule has 12 atom stereocenters. The van der Waals surface area contributed by atoms with E-state index in [9.17, 15) is 45.6 Å². The van der Waals surface area contributed by atoms with Crippen LogP contribution in [0.25, 0.3) is 0 Å². The fourth-order valence-electron chi connectivity index (χ4n) is 9.72. The maximum atomic E-state index is 13.2. The fraction of sp³-hybridized carbons (Fsp3) is 0.850. The number of aliphatic hydroxyl groups is 8. The molecule has 0 bridgehead atoms. The SMILES string of the molecule is CC/C=C\C/C=C\C/C=C\CCCCCCCCCC(=O)NC(COC1OC(CO)C(OC2OC(CO)C(O)C(O)C2O)C(O)C1O)C(O)/C=C/CCCCCCCCCCCCCCCCCCCCCCC. The van der Waals surface area contributed by atoms with Crippen LogP contribution in [-0.4, -0.2) is 140 Å². The topological polar surface area (TPSA) is 228 Å². The van der Waals surface area contributed by atoms with Gasteiger partial charge in [0.2, 0.25) is 5.91 Å². The number of carbonyl (C=O) groups is 1. The molecule has 2 aliphatic rings. The van der Waals surface area contributed by atoms with Crippen molar-refractivity contribution in [1.82, 2.24) is 5.32 Å². The Kier molecular flexibility index (Phi) is 42.2. The van der Waals surface area contributed by atoms with Crippen LogP contribution in [0.15, 0.2) is 48.6 Å². The number of carbonyl (C=O) groups excluding carboxylic acids is 1. The van der Waals surface area contributed by atoms with Crippen LogP contribution in [0.4, 0.5) is 0 Å². The molecule has 0 aromatic heterocycles. The molecule has 0 radical (unpaired) electrons. The minimum atomic E-state index is -1.79. The summed E-state index contributed by atoms with van der Waals surface area (Å²) in [6, 6.07) is -0.921. The van der Waals surface area contributed by atoms with Crippen molar-refractivity contribution in [3.05, 3.63) is 48.6 Å². The Morgan fingerprint density at radius 3 is 1.43 bits per heavy atom. The lowest BCUT2D eigenvalue weighted by Gasteiger charge is -2.46. The average Bonchev–Trinajstić information content (AvgIpc) is 3.40. The molecule has 9 N–H and O–H groups in total. The summed E-state index contributed by atoms with van der Waals surface area (Å²) in [7, 11) is 0. The lowest BCUT2D eigenvalue weighted by Crippen LogP contribution is -2.65. The molecular formula is C60H109NO13. The molecule has 0 saturated carbocycles. The van der Waals surface area contributed by atoms with E-state index in [1.54, 1.807) is 6.08 Å². The summed E-state index contributed by atoms with van der Waals surface area (Å²) >= 11 is 0. The number of allylic oxidation sites excluding steroid dienone is 7.